The highest BCUT2D eigenvalue weighted by atomic mass is 16.2. The summed E-state index contributed by atoms with van der Waals surface area (Å²) in [5.74, 6) is 0.0310. The maximum atomic E-state index is 12.4. The molecule has 0 spiro atoms. The summed E-state index contributed by atoms with van der Waals surface area (Å²) >= 11 is 0. The number of aromatic amines is 1. The van der Waals surface area contributed by atoms with Crippen LogP contribution in [0.1, 0.15) is 37.2 Å². The average Bonchev–Trinajstić information content (AvgIpc) is 2.81. The lowest BCUT2D eigenvalue weighted by atomic mass is 10.1. The molecule has 0 saturated heterocycles. The Morgan fingerprint density at radius 2 is 2.00 bits per heavy atom. The summed E-state index contributed by atoms with van der Waals surface area (Å²) in [7, 11) is 1.86. The quantitative estimate of drug-likeness (QED) is 0.829. The predicted octanol–water partition coefficient (Wildman–Crippen LogP) is 3.01. The molecule has 19 heavy (non-hydrogen) atoms. The predicted molar refractivity (Wildman–Crippen MR) is 79.2 cm³/mol. The van der Waals surface area contributed by atoms with Crippen molar-refractivity contribution < 1.29 is 4.79 Å². The number of nitrogen functional groups attached to an aromatic ring is 1. The molecule has 3 N–H and O–H groups in total. The summed E-state index contributed by atoms with van der Waals surface area (Å²) in [5, 5.41) is 0.973. The average molecular weight is 259 g/mol. The van der Waals surface area contributed by atoms with E-state index in [-0.39, 0.29) is 11.9 Å². The number of aromatic nitrogens is 1. The number of carbonyl (C=O) groups is 1. The zero-order valence-electron chi connectivity index (χ0n) is 11.7. The van der Waals surface area contributed by atoms with Crippen LogP contribution in [-0.2, 0) is 0 Å². The first-order valence-electron chi connectivity index (χ1n) is 6.72. The normalized spacial score (nSPS) is 11.2. The number of hydrogen-bond donors (Lipinski definition) is 2. The Kier molecular flexibility index (Phi) is 3.79. The van der Waals surface area contributed by atoms with Gasteiger partial charge in [0.15, 0.2) is 0 Å². The number of nitrogens with one attached hydrogen (secondary N) is 1. The number of H-pyrrole nitrogens is 1. The fraction of sp³-hybridized carbons (Fsp3) is 0.400. The maximum Gasteiger partial charge on any atom is 0.270 e. The van der Waals surface area contributed by atoms with Crippen LogP contribution in [0.4, 0.5) is 5.69 Å². The Labute approximate surface area is 113 Å². The van der Waals surface area contributed by atoms with Crippen LogP contribution in [0.3, 0.4) is 0 Å². The molecule has 1 heterocycles. The van der Waals surface area contributed by atoms with Crippen LogP contribution in [0.2, 0.25) is 0 Å². The highest BCUT2D eigenvalue weighted by Gasteiger charge is 2.19. The van der Waals surface area contributed by atoms with Gasteiger partial charge in [-0.1, -0.05) is 13.8 Å². The van der Waals surface area contributed by atoms with E-state index in [1.54, 1.807) is 0 Å². The van der Waals surface area contributed by atoms with Crippen molar-refractivity contribution in [3.8, 4) is 0 Å². The highest BCUT2D eigenvalue weighted by Crippen LogP contribution is 2.20. The molecule has 0 unspecified atom stereocenters. The SMILES string of the molecule is CCC(CC)N(C)C(=O)c1cc2cc(N)ccc2[nH]1. The third-order valence-electron chi connectivity index (χ3n) is 3.69. The molecule has 0 aliphatic rings. The summed E-state index contributed by atoms with van der Waals surface area (Å²) < 4.78 is 0. The van der Waals surface area contributed by atoms with Gasteiger partial charge in [0.2, 0.25) is 0 Å². The lowest BCUT2D eigenvalue weighted by Crippen LogP contribution is -2.36. The second-order valence-electron chi connectivity index (χ2n) is 4.92. The van der Waals surface area contributed by atoms with Gasteiger partial charge < -0.3 is 15.6 Å². The Bertz CT molecular complexity index is 584. The van der Waals surface area contributed by atoms with Gasteiger partial charge in [0.05, 0.1) is 0 Å². The third kappa shape index (κ3) is 2.57. The number of benzene rings is 1. The van der Waals surface area contributed by atoms with E-state index in [0.29, 0.717) is 11.4 Å². The molecule has 2 rings (SSSR count). The van der Waals surface area contributed by atoms with Gasteiger partial charge in [-0.2, -0.15) is 0 Å². The monoisotopic (exact) mass is 259 g/mol. The summed E-state index contributed by atoms with van der Waals surface area (Å²) in [4.78, 5) is 17.4. The van der Waals surface area contributed by atoms with Crippen molar-refractivity contribution in [3.05, 3.63) is 30.0 Å². The molecule has 0 aliphatic heterocycles. The molecule has 0 saturated carbocycles. The zero-order chi connectivity index (χ0) is 14.0. The smallest absolute Gasteiger partial charge is 0.270 e. The van der Waals surface area contributed by atoms with Crippen molar-refractivity contribution in [1.29, 1.82) is 0 Å². The van der Waals surface area contributed by atoms with E-state index < -0.39 is 0 Å². The van der Waals surface area contributed by atoms with Crippen molar-refractivity contribution in [2.24, 2.45) is 0 Å². The van der Waals surface area contributed by atoms with E-state index in [9.17, 15) is 4.79 Å². The van der Waals surface area contributed by atoms with Crippen LogP contribution in [0.5, 0.6) is 0 Å². The van der Waals surface area contributed by atoms with Gasteiger partial charge in [-0.15, -0.1) is 0 Å². The molecule has 4 heteroatoms. The van der Waals surface area contributed by atoms with Crippen molar-refractivity contribution in [2.45, 2.75) is 32.7 Å². The van der Waals surface area contributed by atoms with E-state index in [1.807, 2.05) is 36.2 Å². The van der Waals surface area contributed by atoms with E-state index in [0.717, 1.165) is 23.7 Å². The van der Waals surface area contributed by atoms with Gasteiger partial charge in [0.25, 0.3) is 5.91 Å². The Morgan fingerprint density at radius 1 is 1.32 bits per heavy atom. The number of carbonyl (C=O) groups excluding carboxylic acids is 1. The highest BCUT2D eigenvalue weighted by molar-refractivity contribution is 5.98. The van der Waals surface area contributed by atoms with Crippen LogP contribution in [0.25, 0.3) is 10.9 Å². The van der Waals surface area contributed by atoms with Gasteiger partial charge in [0, 0.05) is 29.7 Å². The fourth-order valence-electron chi connectivity index (χ4n) is 2.46. The minimum atomic E-state index is 0.0310. The molecule has 0 fully saturated rings. The van der Waals surface area contributed by atoms with Gasteiger partial charge in [-0.3, -0.25) is 4.79 Å². The first kappa shape index (κ1) is 13.5. The molecular weight excluding hydrogens is 238 g/mol. The van der Waals surface area contributed by atoms with Crippen LogP contribution < -0.4 is 5.73 Å². The topological polar surface area (TPSA) is 62.1 Å². The van der Waals surface area contributed by atoms with Crippen LogP contribution in [0, 0.1) is 0 Å². The number of nitrogens with zero attached hydrogens (tertiary/aromatic N) is 1. The van der Waals surface area contributed by atoms with Crippen molar-refractivity contribution in [1.82, 2.24) is 9.88 Å². The van der Waals surface area contributed by atoms with Gasteiger partial charge in [0.1, 0.15) is 5.69 Å². The molecule has 1 amide bonds. The van der Waals surface area contributed by atoms with Gasteiger partial charge >= 0.3 is 0 Å². The summed E-state index contributed by atoms with van der Waals surface area (Å²) in [6.07, 6.45) is 1.93. The molecule has 1 aromatic heterocycles. The first-order chi connectivity index (χ1) is 9.06. The van der Waals surface area contributed by atoms with Crippen molar-refractivity contribution in [2.75, 3.05) is 12.8 Å². The van der Waals surface area contributed by atoms with Crippen LogP contribution in [-0.4, -0.2) is 28.9 Å². The standard InChI is InChI=1S/C15H21N3O/c1-4-12(5-2)18(3)15(19)14-9-10-8-11(16)6-7-13(10)17-14/h6-9,12,17H,4-5,16H2,1-3H3. The fourth-order valence-corrected chi connectivity index (χ4v) is 2.46. The van der Waals surface area contributed by atoms with E-state index in [1.165, 1.54) is 0 Å². The van der Waals surface area contributed by atoms with E-state index >= 15 is 0 Å². The minimum Gasteiger partial charge on any atom is -0.399 e. The number of nitrogens with two attached hydrogens (primary N) is 1. The second-order valence-corrected chi connectivity index (χ2v) is 4.92. The lowest BCUT2D eigenvalue weighted by Gasteiger charge is -2.25. The number of rotatable bonds is 4. The molecule has 0 radical (unpaired) electrons. The molecule has 0 atom stereocenters. The largest absolute Gasteiger partial charge is 0.399 e. The van der Waals surface area contributed by atoms with Gasteiger partial charge in [-0.05, 0) is 37.1 Å². The van der Waals surface area contributed by atoms with Crippen LogP contribution in [0.15, 0.2) is 24.3 Å². The summed E-state index contributed by atoms with van der Waals surface area (Å²) in [6.45, 7) is 4.20. The number of anilines is 1. The third-order valence-corrected chi connectivity index (χ3v) is 3.69. The van der Waals surface area contributed by atoms with E-state index in [4.69, 9.17) is 5.73 Å². The van der Waals surface area contributed by atoms with Crippen molar-refractivity contribution in [3.63, 3.8) is 0 Å². The Hall–Kier alpha value is -1.97. The van der Waals surface area contributed by atoms with E-state index in [2.05, 4.69) is 18.8 Å². The van der Waals surface area contributed by atoms with Crippen molar-refractivity contribution >= 4 is 22.5 Å². The summed E-state index contributed by atoms with van der Waals surface area (Å²) in [5.41, 5.74) is 8.02. The molecule has 4 nitrogen and oxygen atoms in total. The zero-order valence-corrected chi connectivity index (χ0v) is 11.7. The first-order valence-corrected chi connectivity index (χ1v) is 6.72. The minimum absolute atomic E-state index is 0.0310. The molecule has 0 bridgehead atoms. The molecule has 102 valence electrons. The van der Waals surface area contributed by atoms with Crippen LogP contribution >= 0.6 is 0 Å². The Balaban J connectivity index is 2.31. The molecule has 1 aromatic carbocycles. The number of fused-ring (bicyclic) bond motifs is 1. The lowest BCUT2D eigenvalue weighted by molar-refractivity contribution is 0.0718. The number of hydrogen-bond acceptors (Lipinski definition) is 2. The molecular formula is C15H21N3O. The Morgan fingerprint density at radius 3 is 2.63 bits per heavy atom. The summed E-state index contributed by atoms with van der Waals surface area (Å²) in [6, 6.07) is 7.76. The number of amides is 1. The second kappa shape index (κ2) is 5.34. The maximum absolute atomic E-state index is 12.4. The molecule has 0 aliphatic carbocycles. The molecule has 2 aromatic rings. The van der Waals surface area contributed by atoms with Gasteiger partial charge in [-0.25, -0.2) is 0 Å².